The van der Waals surface area contributed by atoms with Gasteiger partial charge in [0, 0.05) is 11.5 Å². The number of amides is 3. The molecule has 0 spiro atoms. The number of allylic oxidation sites excluding steroid dienone is 4. The maximum atomic E-state index is 13.5. The minimum atomic E-state index is -0.774. The Kier molecular flexibility index (Phi) is 7.56. The molecule has 1 N–H and O–H groups in total. The van der Waals surface area contributed by atoms with Gasteiger partial charge in [0.05, 0.1) is 37.3 Å². The number of ether oxygens (including phenoxy) is 1. The van der Waals surface area contributed by atoms with Gasteiger partial charge in [-0.3, -0.25) is 24.1 Å². The first-order valence-electron chi connectivity index (χ1n) is 13.1. The summed E-state index contributed by atoms with van der Waals surface area (Å²) in [5, 5.41) is 0. The predicted molar refractivity (Wildman–Crippen MR) is 143 cm³/mol. The van der Waals surface area contributed by atoms with E-state index in [-0.39, 0.29) is 18.9 Å². The van der Waals surface area contributed by atoms with E-state index in [0.717, 1.165) is 48.2 Å². The largest absolute Gasteiger partial charge is 0.496 e. The Morgan fingerprint density at radius 3 is 2.24 bits per heavy atom. The van der Waals surface area contributed by atoms with Crippen LogP contribution in [0.3, 0.4) is 0 Å². The number of hydrogen-bond acceptors (Lipinski definition) is 5. The summed E-state index contributed by atoms with van der Waals surface area (Å²) in [6, 6.07) is 15.5. The molecule has 1 aliphatic heterocycles. The van der Waals surface area contributed by atoms with Crippen LogP contribution in [0.2, 0.25) is 0 Å². The van der Waals surface area contributed by atoms with E-state index in [2.05, 4.69) is 12.4 Å². The van der Waals surface area contributed by atoms with Gasteiger partial charge in [0.2, 0.25) is 5.91 Å². The van der Waals surface area contributed by atoms with Crippen molar-refractivity contribution in [1.82, 2.24) is 10.4 Å². The normalized spacial score (nSPS) is 19.7. The van der Waals surface area contributed by atoms with E-state index in [1.165, 1.54) is 10.5 Å². The lowest BCUT2D eigenvalue weighted by molar-refractivity contribution is -0.135. The minimum Gasteiger partial charge on any atom is -0.496 e. The van der Waals surface area contributed by atoms with Gasteiger partial charge in [0.25, 0.3) is 11.8 Å². The third-order valence-electron chi connectivity index (χ3n) is 7.60. The van der Waals surface area contributed by atoms with Gasteiger partial charge in [-0.05, 0) is 55.0 Å². The number of benzene rings is 2. The number of methoxy groups -OCH3 is 1. The van der Waals surface area contributed by atoms with Gasteiger partial charge >= 0.3 is 0 Å². The fourth-order valence-corrected chi connectivity index (χ4v) is 5.76. The van der Waals surface area contributed by atoms with Crippen LogP contribution in [0.1, 0.15) is 65.3 Å². The van der Waals surface area contributed by atoms with Crippen LogP contribution in [0.25, 0.3) is 0 Å². The highest BCUT2D eigenvalue weighted by Crippen LogP contribution is 2.42. The molecule has 7 nitrogen and oxygen atoms in total. The number of fused-ring (bicyclic) bond motifs is 1. The zero-order chi connectivity index (χ0) is 26.6. The van der Waals surface area contributed by atoms with Crippen molar-refractivity contribution in [3.05, 3.63) is 106 Å². The molecule has 5 rings (SSSR count). The zero-order valence-corrected chi connectivity index (χ0v) is 21.7. The number of nitrogens with zero attached hydrogens (tertiary/aromatic N) is 1. The van der Waals surface area contributed by atoms with Crippen molar-refractivity contribution in [2.24, 2.45) is 5.92 Å². The Labute approximate surface area is 222 Å². The fraction of sp³-hybridized carbons (Fsp3) is 0.323. The van der Waals surface area contributed by atoms with Crippen molar-refractivity contribution in [2.45, 2.75) is 51.7 Å². The average Bonchev–Trinajstić information content (AvgIpc) is 3.55. The third kappa shape index (κ3) is 4.94. The standard InChI is InChI=1S/C31H32N2O5/c1-20-23(16-17-27(37-2)29(20)22-12-6-7-13-22)26(18-28(34)32-38-19-21-10-4-3-5-11-21)33-30(35)24-14-8-9-15-25(24)31(33)36/h3-5,8-11,14-17,20,26H,6-7,12-13,18-19H2,1-2H3,(H,32,34). The Balaban J connectivity index is 1.45. The molecule has 1 heterocycles. The molecule has 0 aromatic heterocycles. The summed E-state index contributed by atoms with van der Waals surface area (Å²) in [7, 11) is 1.66. The maximum absolute atomic E-state index is 13.5. The van der Waals surface area contributed by atoms with E-state index in [4.69, 9.17) is 9.57 Å². The SMILES string of the molecule is COC1=CC=C(C(CC(=O)NOCc2ccccc2)N2C(=O)c3ccccc3C2=O)C(C)C1=C1CCCC1. The quantitative estimate of drug-likeness (QED) is 0.385. The molecule has 7 heteroatoms. The second-order valence-corrected chi connectivity index (χ2v) is 9.89. The summed E-state index contributed by atoms with van der Waals surface area (Å²) in [6.07, 6.45) is 7.93. The molecule has 3 amide bonds. The molecule has 196 valence electrons. The Morgan fingerprint density at radius 2 is 1.61 bits per heavy atom. The van der Waals surface area contributed by atoms with Crippen LogP contribution >= 0.6 is 0 Å². The molecule has 2 aromatic carbocycles. The van der Waals surface area contributed by atoms with Crippen molar-refractivity contribution < 1.29 is 24.0 Å². The van der Waals surface area contributed by atoms with Crippen LogP contribution in [0.5, 0.6) is 0 Å². The number of rotatable bonds is 8. The van der Waals surface area contributed by atoms with Gasteiger partial charge in [-0.25, -0.2) is 5.48 Å². The summed E-state index contributed by atoms with van der Waals surface area (Å²) in [5.74, 6) is -0.519. The van der Waals surface area contributed by atoms with Crippen molar-refractivity contribution in [3.8, 4) is 0 Å². The minimum absolute atomic E-state index is 0.116. The molecule has 0 saturated heterocycles. The smallest absolute Gasteiger partial charge is 0.262 e. The highest BCUT2D eigenvalue weighted by molar-refractivity contribution is 6.21. The molecule has 1 fully saturated rings. The fourth-order valence-electron chi connectivity index (χ4n) is 5.76. The van der Waals surface area contributed by atoms with E-state index in [1.54, 1.807) is 31.4 Å². The Morgan fingerprint density at radius 1 is 0.974 bits per heavy atom. The van der Waals surface area contributed by atoms with Gasteiger partial charge in [-0.1, -0.05) is 61.0 Å². The first kappa shape index (κ1) is 25.7. The summed E-state index contributed by atoms with van der Waals surface area (Å²) in [6.45, 7) is 2.27. The molecule has 0 radical (unpaired) electrons. The van der Waals surface area contributed by atoms with Gasteiger partial charge in [-0.15, -0.1) is 0 Å². The van der Waals surface area contributed by atoms with Crippen LogP contribution in [-0.4, -0.2) is 35.8 Å². The van der Waals surface area contributed by atoms with Crippen LogP contribution in [-0.2, 0) is 21.0 Å². The van der Waals surface area contributed by atoms with E-state index in [1.807, 2.05) is 42.5 Å². The number of hydroxylamine groups is 1. The summed E-state index contributed by atoms with van der Waals surface area (Å²) < 4.78 is 5.72. The second kappa shape index (κ2) is 11.2. The Hall–Kier alpha value is -3.97. The molecule has 0 bridgehead atoms. The van der Waals surface area contributed by atoms with E-state index in [0.29, 0.717) is 11.1 Å². The lowest BCUT2D eigenvalue weighted by Gasteiger charge is -2.35. The van der Waals surface area contributed by atoms with E-state index >= 15 is 0 Å². The first-order valence-corrected chi connectivity index (χ1v) is 13.1. The van der Waals surface area contributed by atoms with Crippen LogP contribution in [0.15, 0.2) is 89.2 Å². The topological polar surface area (TPSA) is 84.9 Å². The monoisotopic (exact) mass is 512 g/mol. The van der Waals surface area contributed by atoms with Gasteiger partial charge in [0.1, 0.15) is 5.76 Å². The average molecular weight is 513 g/mol. The van der Waals surface area contributed by atoms with Crippen molar-refractivity contribution in [1.29, 1.82) is 0 Å². The summed E-state index contributed by atoms with van der Waals surface area (Å²) >= 11 is 0. The Bertz CT molecular complexity index is 1300. The second-order valence-electron chi connectivity index (χ2n) is 9.89. The molecule has 2 atom stereocenters. The van der Waals surface area contributed by atoms with Gasteiger partial charge in [-0.2, -0.15) is 0 Å². The maximum Gasteiger partial charge on any atom is 0.262 e. The predicted octanol–water partition coefficient (Wildman–Crippen LogP) is 5.27. The summed E-state index contributed by atoms with van der Waals surface area (Å²) in [5.41, 5.74) is 7.41. The molecule has 1 saturated carbocycles. The van der Waals surface area contributed by atoms with E-state index < -0.39 is 23.8 Å². The lowest BCUT2D eigenvalue weighted by Crippen LogP contribution is -2.45. The molecule has 2 aromatic rings. The molecular formula is C31H32N2O5. The highest BCUT2D eigenvalue weighted by atomic mass is 16.6. The molecule has 2 unspecified atom stereocenters. The number of hydrogen-bond donors (Lipinski definition) is 1. The van der Waals surface area contributed by atoms with Crippen molar-refractivity contribution in [2.75, 3.05) is 7.11 Å². The third-order valence-corrected chi connectivity index (χ3v) is 7.60. The first-order chi connectivity index (χ1) is 18.5. The van der Waals surface area contributed by atoms with E-state index in [9.17, 15) is 14.4 Å². The lowest BCUT2D eigenvalue weighted by atomic mass is 9.79. The van der Waals surface area contributed by atoms with Crippen LogP contribution in [0.4, 0.5) is 0 Å². The number of nitrogens with one attached hydrogen (secondary N) is 1. The number of carbonyl (C=O) groups is 3. The van der Waals surface area contributed by atoms with Crippen LogP contribution < -0.4 is 5.48 Å². The number of imide groups is 1. The molecular weight excluding hydrogens is 480 g/mol. The summed E-state index contributed by atoms with van der Waals surface area (Å²) in [4.78, 5) is 46.8. The van der Waals surface area contributed by atoms with Gasteiger partial charge in [0.15, 0.2) is 0 Å². The molecule has 38 heavy (non-hydrogen) atoms. The molecule has 2 aliphatic carbocycles. The molecule has 3 aliphatic rings. The van der Waals surface area contributed by atoms with Crippen molar-refractivity contribution in [3.63, 3.8) is 0 Å². The van der Waals surface area contributed by atoms with Crippen molar-refractivity contribution >= 4 is 17.7 Å². The zero-order valence-electron chi connectivity index (χ0n) is 21.7. The number of carbonyl (C=O) groups excluding carboxylic acids is 3. The highest BCUT2D eigenvalue weighted by Gasteiger charge is 2.44. The van der Waals surface area contributed by atoms with Crippen LogP contribution in [0, 0.1) is 5.92 Å². The van der Waals surface area contributed by atoms with Gasteiger partial charge < -0.3 is 4.74 Å².